The molecule has 1 amide bonds. The molecule has 1 heterocycles. The number of rotatable bonds is 7. The van der Waals surface area contributed by atoms with Crippen molar-refractivity contribution in [1.82, 2.24) is 15.4 Å². The highest BCUT2D eigenvalue weighted by Gasteiger charge is 2.23. The van der Waals surface area contributed by atoms with Gasteiger partial charge in [0.15, 0.2) is 0 Å². The lowest BCUT2D eigenvalue weighted by molar-refractivity contribution is -0.383. The van der Waals surface area contributed by atoms with E-state index in [-0.39, 0.29) is 11.6 Å². The SMILES string of the molecule is COc1ccc(Nc2ncnc(NNC(=O)c3ccccc3)c2[N+](=O)[O-])cc1. The van der Waals surface area contributed by atoms with Crippen molar-refractivity contribution < 1.29 is 14.5 Å². The fraction of sp³-hybridized carbons (Fsp3) is 0.0556. The quantitative estimate of drug-likeness (QED) is 0.421. The number of ether oxygens (including phenoxy) is 1. The Balaban J connectivity index is 1.80. The van der Waals surface area contributed by atoms with Crippen LogP contribution in [0.25, 0.3) is 0 Å². The van der Waals surface area contributed by atoms with Crippen LogP contribution in [-0.4, -0.2) is 27.9 Å². The molecule has 3 N–H and O–H groups in total. The van der Waals surface area contributed by atoms with E-state index in [4.69, 9.17) is 4.74 Å². The highest BCUT2D eigenvalue weighted by atomic mass is 16.6. The van der Waals surface area contributed by atoms with Crippen molar-refractivity contribution >= 4 is 28.9 Å². The summed E-state index contributed by atoms with van der Waals surface area (Å²) in [4.78, 5) is 30.8. The van der Waals surface area contributed by atoms with Crippen LogP contribution in [0, 0.1) is 10.1 Å². The number of carbonyl (C=O) groups is 1. The lowest BCUT2D eigenvalue weighted by Crippen LogP contribution is -2.30. The number of nitrogens with one attached hydrogen (secondary N) is 3. The molecular weight excluding hydrogens is 364 g/mol. The van der Waals surface area contributed by atoms with Gasteiger partial charge < -0.3 is 10.1 Å². The van der Waals surface area contributed by atoms with E-state index in [1.165, 1.54) is 0 Å². The summed E-state index contributed by atoms with van der Waals surface area (Å²) in [6, 6.07) is 15.2. The molecule has 10 nitrogen and oxygen atoms in total. The molecule has 10 heteroatoms. The van der Waals surface area contributed by atoms with Gasteiger partial charge in [-0.1, -0.05) is 18.2 Å². The molecule has 0 atom stereocenters. The van der Waals surface area contributed by atoms with Gasteiger partial charge >= 0.3 is 5.69 Å². The van der Waals surface area contributed by atoms with Crippen molar-refractivity contribution in [2.24, 2.45) is 0 Å². The number of nitro groups is 1. The van der Waals surface area contributed by atoms with E-state index in [2.05, 4.69) is 26.1 Å². The van der Waals surface area contributed by atoms with Gasteiger partial charge in [0, 0.05) is 11.3 Å². The molecule has 0 saturated carbocycles. The number of carbonyl (C=O) groups excluding carboxylic acids is 1. The van der Waals surface area contributed by atoms with Crippen molar-refractivity contribution in [1.29, 1.82) is 0 Å². The van der Waals surface area contributed by atoms with Crippen molar-refractivity contribution in [3.05, 3.63) is 76.6 Å². The van der Waals surface area contributed by atoms with E-state index in [9.17, 15) is 14.9 Å². The summed E-state index contributed by atoms with van der Waals surface area (Å²) < 4.78 is 5.08. The van der Waals surface area contributed by atoms with Crippen molar-refractivity contribution in [3.63, 3.8) is 0 Å². The number of benzene rings is 2. The number of methoxy groups -OCH3 is 1. The van der Waals surface area contributed by atoms with Crippen LogP contribution in [0.15, 0.2) is 60.9 Å². The molecule has 142 valence electrons. The third-order valence-corrected chi connectivity index (χ3v) is 3.69. The lowest BCUT2D eigenvalue weighted by atomic mass is 10.2. The van der Waals surface area contributed by atoms with Gasteiger partial charge in [0.05, 0.1) is 12.0 Å². The molecule has 3 rings (SSSR count). The maximum absolute atomic E-state index is 12.1. The van der Waals surface area contributed by atoms with Gasteiger partial charge in [-0.2, -0.15) is 0 Å². The fourth-order valence-electron chi connectivity index (χ4n) is 2.32. The molecule has 0 aliphatic heterocycles. The van der Waals surface area contributed by atoms with E-state index in [0.29, 0.717) is 17.0 Å². The van der Waals surface area contributed by atoms with Crippen LogP contribution < -0.4 is 20.9 Å². The summed E-state index contributed by atoms with van der Waals surface area (Å²) in [5.41, 5.74) is 5.43. The van der Waals surface area contributed by atoms with Crippen LogP contribution in [-0.2, 0) is 0 Å². The zero-order valence-corrected chi connectivity index (χ0v) is 14.7. The summed E-state index contributed by atoms with van der Waals surface area (Å²) >= 11 is 0. The Morgan fingerprint density at radius 2 is 1.71 bits per heavy atom. The summed E-state index contributed by atoms with van der Waals surface area (Å²) in [5.74, 6) is 0.00816. The number of nitrogens with zero attached hydrogens (tertiary/aromatic N) is 3. The summed E-state index contributed by atoms with van der Waals surface area (Å²) in [7, 11) is 1.54. The molecule has 0 radical (unpaired) electrons. The zero-order valence-electron chi connectivity index (χ0n) is 14.7. The number of hydrogen-bond acceptors (Lipinski definition) is 8. The van der Waals surface area contributed by atoms with Crippen LogP contribution >= 0.6 is 0 Å². The van der Waals surface area contributed by atoms with Crippen LogP contribution in [0.5, 0.6) is 5.75 Å². The molecule has 0 bridgehead atoms. The largest absolute Gasteiger partial charge is 0.497 e. The Kier molecular flexibility index (Phi) is 5.60. The molecule has 0 aliphatic rings. The molecule has 3 aromatic rings. The molecule has 0 unspecified atom stereocenters. The Labute approximate surface area is 159 Å². The topological polar surface area (TPSA) is 131 Å². The molecule has 0 saturated heterocycles. The van der Waals surface area contributed by atoms with E-state index in [1.807, 2.05) is 0 Å². The van der Waals surface area contributed by atoms with Gasteiger partial charge in [-0.3, -0.25) is 25.8 Å². The van der Waals surface area contributed by atoms with Gasteiger partial charge in [0.1, 0.15) is 12.1 Å². The predicted molar refractivity (Wildman–Crippen MR) is 102 cm³/mol. The highest BCUT2D eigenvalue weighted by Crippen LogP contribution is 2.31. The molecule has 2 aromatic carbocycles. The van der Waals surface area contributed by atoms with Crippen LogP contribution in [0.3, 0.4) is 0 Å². The Hall–Kier alpha value is -4.21. The third-order valence-electron chi connectivity index (χ3n) is 3.69. The van der Waals surface area contributed by atoms with Crippen molar-refractivity contribution in [3.8, 4) is 5.75 Å². The van der Waals surface area contributed by atoms with Crippen molar-refractivity contribution in [2.45, 2.75) is 0 Å². The first-order valence-corrected chi connectivity index (χ1v) is 8.10. The first-order chi connectivity index (χ1) is 13.6. The maximum Gasteiger partial charge on any atom is 0.355 e. The second kappa shape index (κ2) is 8.45. The Bertz CT molecular complexity index is 979. The molecule has 0 aliphatic carbocycles. The zero-order chi connectivity index (χ0) is 19.9. The third kappa shape index (κ3) is 4.30. The van der Waals surface area contributed by atoms with E-state index in [0.717, 1.165) is 6.33 Å². The van der Waals surface area contributed by atoms with Gasteiger partial charge in [-0.05, 0) is 36.4 Å². The van der Waals surface area contributed by atoms with Gasteiger partial charge in [0.25, 0.3) is 5.91 Å². The smallest absolute Gasteiger partial charge is 0.355 e. The van der Waals surface area contributed by atoms with Crippen molar-refractivity contribution in [2.75, 3.05) is 17.9 Å². The van der Waals surface area contributed by atoms with Crippen LogP contribution in [0.2, 0.25) is 0 Å². The normalized spacial score (nSPS) is 10.0. The minimum absolute atomic E-state index is 0.0263. The van der Waals surface area contributed by atoms with Gasteiger partial charge in [0.2, 0.25) is 11.6 Å². The van der Waals surface area contributed by atoms with Gasteiger partial charge in [-0.25, -0.2) is 9.97 Å². The van der Waals surface area contributed by atoms with E-state index < -0.39 is 16.5 Å². The number of amides is 1. The Morgan fingerprint density at radius 1 is 1.04 bits per heavy atom. The Morgan fingerprint density at radius 3 is 2.36 bits per heavy atom. The number of aromatic nitrogens is 2. The maximum atomic E-state index is 12.1. The average molecular weight is 380 g/mol. The monoisotopic (exact) mass is 380 g/mol. The molecule has 28 heavy (non-hydrogen) atoms. The van der Waals surface area contributed by atoms with E-state index >= 15 is 0 Å². The number of anilines is 3. The molecule has 0 spiro atoms. The summed E-state index contributed by atoms with van der Waals surface area (Å²) in [6.07, 6.45) is 1.15. The van der Waals surface area contributed by atoms with E-state index in [1.54, 1.807) is 61.7 Å². The predicted octanol–water partition coefficient (Wildman–Crippen LogP) is 2.89. The first kappa shape index (κ1) is 18.6. The van der Waals surface area contributed by atoms with Gasteiger partial charge in [-0.15, -0.1) is 0 Å². The number of hydrogen-bond donors (Lipinski definition) is 3. The van der Waals surface area contributed by atoms with Crippen LogP contribution in [0.1, 0.15) is 10.4 Å². The first-order valence-electron chi connectivity index (χ1n) is 8.10. The summed E-state index contributed by atoms with van der Waals surface area (Å²) in [6.45, 7) is 0. The highest BCUT2D eigenvalue weighted by molar-refractivity contribution is 5.95. The fourth-order valence-corrected chi connectivity index (χ4v) is 2.32. The standard InChI is InChI=1S/C18H16N6O4/c1-28-14-9-7-13(8-10-14)21-16-15(24(26)27)17(20-11-19-16)22-23-18(25)12-5-3-2-4-6-12/h2-11H,1H3,(H,23,25)(H2,19,20,21,22). The van der Waals surface area contributed by atoms with Crippen LogP contribution in [0.4, 0.5) is 23.0 Å². The number of hydrazine groups is 1. The lowest BCUT2D eigenvalue weighted by Gasteiger charge is -2.11. The second-order valence-electron chi connectivity index (χ2n) is 5.48. The minimum Gasteiger partial charge on any atom is -0.497 e. The molecule has 1 aromatic heterocycles. The minimum atomic E-state index is -0.636. The molecular formula is C18H16N6O4. The summed E-state index contributed by atoms with van der Waals surface area (Å²) in [5, 5.41) is 14.4. The molecule has 0 fully saturated rings. The second-order valence-corrected chi connectivity index (χ2v) is 5.48. The average Bonchev–Trinajstić information content (AvgIpc) is 2.73.